The molecule has 10 heteroatoms. The Morgan fingerprint density at radius 1 is 1.16 bits per heavy atom. The second-order valence-corrected chi connectivity index (χ2v) is 7.75. The highest BCUT2D eigenvalue weighted by Gasteiger charge is 2.31. The van der Waals surface area contributed by atoms with Crippen molar-refractivity contribution in [3.05, 3.63) is 48.2 Å². The average molecular weight is 453 g/mol. The molecule has 0 atom stereocenters. The predicted molar refractivity (Wildman–Crippen MR) is 112 cm³/mol. The van der Waals surface area contributed by atoms with Crippen LogP contribution >= 0.6 is 11.8 Å². The van der Waals surface area contributed by atoms with Crippen molar-refractivity contribution < 1.29 is 22.4 Å². The number of halogens is 3. The van der Waals surface area contributed by atoms with Gasteiger partial charge in [-0.1, -0.05) is 17.8 Å². The fourth-order valence-electron chi connectivity index (χ4n) is 3.10. The van der Waals surface area contributed by atoms with Crippen LogP contribution in [0.2, 0.25) is 0 Å². The van der Waals surface area contributed by atoms with Gasteiger partial charge < -0.3 is 9.32 Å². The van der Waals surface area contributed by atoms with E-state index in [9.17, 15) is 18.0 Å². The first-order chi connectivity index (χ1) is 14.8. The van der Waals surface area contributed by atoms with Crippen LogP contribution in [0.15, 0.2) is 52.2 Å². The van der Waals surface area contributed by atoms with E-state index >= 15 is 0 Å². The molecule has 0 aliphatic heterocycles. The number of carbonyl (C=O) groups excluding carboxylic acids is 1. The van der Waals surface area contributed by atoms with E-state index in [1.165, 1.54) is 24.1 Å². The van der Waals surface area contributed by atoms with Crippen molar-refractivity contribution in [1.82, 2.24) is 19.7 Å². The van der Waals surface area contributed by atoms with Gasteiger partial charge in [-0.25, -0.2) is 0 Å². The molecule has 0 saturated heterocycles. The van der Waals surface area contributed by atoms with Gasteiger partial charge in [0.2, 0.25) is 11.7 Å². The molecule has 0 spiro atoms. The quantitative estimate of drug-likeness (QED) is 0.326. The lowest BCUT2D eigenvalue weighted by Gasteiger charge is -2.18. The second-order valence-electron chi connectivity index (χ2n) is 6.69. The summed E-state index contributed by atoms with van der Waals surface area (Å²) in [6.45, 7) is 5.20. The number of alkyl halides is 3. The Bertz CT molecular complexity index is 998. The predicted octanol–water partition coefficient (Wildman–Crippen LogP) is 5.29. The number of benzene rings is 1. The van der Waals surface area contributed by atoms with Gasteiger partial charge in [-0.2, -0.15) is 13.2 Å². The van der Waals surface area contributed by atoms with E-state index < -0.39 is 11.7 Å². The molecule has 0 aliphatic carbocycles. The zero-order valence-corrected chi connectivity index (χ0v) is 18.0. The maximum absolute atomic E-state index is 13.2. The van der Waals surface area contributed by atoms with Crippen molar-refractivity contribution >= 4 is 17.7 Å². The summed E-state index contributed by atoms with van der Waals surface area (Å²) >= 11 is 1.34. The lowest BCUT2D eigenvalue weighted by molar-refractivity contribution is -0.137. The zero-order valence-electron chi connectivity index (χ0n) is 17.2. The Kier molecular flexibility index (Phi) is 7.42. The van der Waals surface area contributed by atoms with E-state index in [4.69, 9.17) is 4.42 Å². The number of carbonyl (C=O) groups is 1. The van der Waals surface area contributed by atoms with Crippen LogP contribution in [0.25, 0.3) is 17.3 Å². The standard InChI is InChI=1S/C21H23F3N4O2S/c1-3-27(4-2)18(29)11-7-13-31-20-26-25-19(17-10-6-12-30-17)28(20)16-9-5-8-15(14-16)21(22,23)24/h5-6,8-10,12,14H,3-4,7,11,13H2,1-2H3. The highest BCUT2D eigenvalue weighted by Crippen LogP contribution is 2.33. The summed E-state index contributed by atoms with van der Waals surface area (Å²) in [5, 5.41) is 8.73. The molecule has 0 radical (unpaired) electrons. The molecule has 2 aromatic heterocycles. The molecule has 0 unspecified atom stereocenters. The van der Waals surface area contributed by atoms with Crippen LogP contribution < -0.4 is 0 Å². The van der Waals surface area contributed by atoms with Gasteiger partial charge in [0.25, 0.3) is 0 Å². The van der Waals surface area contributed by atoms with Gasteiger partial charge in [-0.05, 0) is 50.6 Å². The monoisotopic (exact) mass is 452 g/mol. The summed E-state index contributed by atoms with van der Waals surface area (Å²) in [7, 11) is 0. The minimum atomic E-state index is -4.47. The van der Waals surface area contributed by atoms with Gasteiger partial charge in [-0.3, -0.25) is 9.36 Å². The SMILES string of the molecule is CCN(CC)C(=O)CCCSc1nnc(-c2ccco2)n1-c1cccc(C(F)(F)F)c1. The Labute approximate surface area is 182 Å². The summed E-state index contributed by atoms with van der Waals surface area (Å²) < 4.78 is 46.6. The first kappa shape index (κ1) is 22.9. The number of amides is 1. The van der Waals surface area contributed by atoms with Crippen LogP contribution in [0, 0.1) is 0 Å². The molecular formula is C21H23F3N4O2S. The number of hydrogen-bond donors (Lipinski definition) is 0. The molecule has 6 nitrogen and oxygen atoms in total. The molecule has 2 heterocycles. The first-order valence-corrected chi connectivity index (χ1v) is 10.9. The lowest BCUT2D eigenvalue weighted by atomic mass is 10.2. The van der Waals surface area contributed by atoms with E-state index in [0.29, 0.717) is 48.4 Å². The number of furan rings is 1. The van der Waals surface area contributed by atoms with E-state index in [2.05, 4.69) is 10.2 Å². The molecule has 31 heavy (non-hydrogen) atoms. The average Bonchev–Trinajstić information content (AvgIpc) is 3.41. The van der Waals surface area contributed by atoms with Gasteiger partial charge in [0.05, 0.1) is 17.5 Å². The molecule has 0 fully saturated rings. The Morgan fingerprint density at radius 2 is 1.94 bits per heavy atom. The summed E-state index contributed by atoms with van der Waals surface area (Å²) in [6, 6.07) is 8.34. The fraction of sp³-hybridized carbons (Fsp3) is 0.381. The molecule has 0 bridgehead atoms. The van der Waals surface area contributed by atoms with Gasteiger partial charge >= 0.3 is 6.18 Å². The van der Waals surface area contributed by atoms with Crippen LogP contribution in [0.5, 0.6) is 0 Å². The molecule has 1 amide bonds. The van der Waals surface area contributed by atoms with Gasteiger partial charge in [0, 0.05) is 25.3 Å². The van der Waals surface area contributed by atoms with Crippen molar-refractivity contribution in [3.8, 4) is 17.3 Å². The summed E-state index contributed by atoms with van der Waals surface area (Å²) in [5.74, 6) is 1.36. The van der Waals surface area contributed by atoms with Crippen molar-refractivity contribution in [1.29, 1.82) is 0 Å². The largest absolute Gasteiger partial charge is 0.461 e. The normalized spacial score (nSPS) is 11.6. The summed E-state index contributed by atoms with van der Waals surface area (Å²) in [5.41, 5.74) is -0.474. The maximum Gasteiger partial charge on any atom is 0.416 e. The third-order valence-electron chi connectivity index (χ3n) is 4.69. The highest BCUT2D eigenvalue weighted by atomic mass is 32.2. The van der Waals surface area contributed by atoms with Gasteiger partial charge in [0.15, 0.2) is 10.9 Å². The number of nitrogens with zero attached hydrogens (tertiary/aromatic N) is 4. The van der Waals surface area contributed by atoms with Crippen molar-refractivity contribution in [2.24, 2.45) is 0 Å². The highest BCUT2D eigenvalue weighted by molar-refractivity contribution is 7.99. The molecule has 0 N–H and O–H groups in total. The fourth-order valence-corrected chi connectivity index (χ4v) is 3.99. The second kappa shape index (κ2) is 10.0. The minimum Gasteiger partial charge on any atom is -0.461 e. The smallest absolute Gasteiger partial charge is 0.416 e. The molecule has 166 valence electrons. The summed E-state index contributed by atoms with van der Waals surface area (Å²) in [4.78, 5) is 13.9. The minimum absolute atomic E-state index is 0.0845. The lowest BCUT2D eigenvalue weighted by Crippen LogP contribution is -2.30. The van der Waals surface area contributed by atoms with Crippen LogP contribution in [-0.2, 0) is 11.0 Å². The molecule has 3 aromatic rings. The van der Waals surface area contributed by atoms with Crippen LogP contribution in [0.3, 0.4) is 0 Å². The molecular weight excluding hydrogens is 429 g/mol. The van der Waals surface area contributed by atoms with Gasteiger partial charge in [-0.15, -0.1) is 10.2 Å². The van der Waals surface area contributed by atoms with Crippen molar-refractivity contribution in [2.45, 2.75) is 38.0 Å². The zero-order chi connectivity index (χ0) is 22.4. The van der Waals surface area contributed by atoms with E-state index in [-0.39, 0.29) is 11.6 Å². The summed E-state index contributed by atoms with van der Waals surface area (Å²) in [6.07, 6.45) is -1.98. The maximum atomic E-state index is 13.2. The first-order valence-electron chi connectivity index (χ1n) is 9.92. The van der Waals surface area contributed by atoms with E-state index in [1.54, 1.807) is 27.7 Å². The van der Waals surface area contributed by atoms with Crippen LogP contribution in [0.4, 0.5) is 13.2 Å². The number of hydrogen-bond acceptors (Lipinski definition) is 5. The third kappa shape index (κ3) is 5.49. The Morgan fingerprint density at radius 3 is 2.58 bits per heavy atom. The topological polar surface area (TPSA) is 64.2 Å². The third-order valence-corrected chi connectivity index (χ3v) is 5.70. The van der Waals surface area contributed by atoms with Crippen molar-refractivity contribution in [2.75, 3.05) is 18.8 Å². The molecule has 3 rings (SSSR count). The van der Waals surface area contributed by atoms with E-state index in [1.807, 2.05) is 13.8 Å². The molecule has 0 aliphatic rings. The van der Waals surface area contributed by atoms with Crippen LogP contribution in [0.1, 0.15) is 32.3 Å². The molecule has 0 saturated carbocycles. The number of aromatic nitrogens is 3. The Hall–Kier alpha value is -2.75. The van der Waals surface area contributed by atoms with Crippen LogP contribution in [-0.4, -0.2) is 44.4 Å². The van der Waals surface area contributed by atoms with Crippen molar-refractivity contribution in [3.63, 3.8) is 0 Å². The van der Waals surface area contributed by atoms with E-state index in [0.717, 1.165) is 12.1 Å². The Balaban J connectivity index is 1.83. The van der Waals surface area contributed by atoms with Gasteiger partial charge in [0.1, 0.15) is 0 Å². The number of thioether (sulfide) groups is 1. The number of rotatable bonds is 9. The molecule has 1 aromatic carbocycles.